The van der Waals surface area contributed by atoms with E-state index in [4.69, 9.17) is 0 Å². The summed E-state index contributed by atoms with van der Waals surface area (Å²) < 4.78 is 0. The summed E-state index contributed by atoms with van der Waals surface area (Å²) in [5.41, 5.74) is 4.84. The van der Waals surface area contributed by atoms with Crippen LogP contribution in [0, 0.1) is 5.92 Å². The second-order valence-electron chi connectivity index (χ2n) is 5.69. The summed E-state index contributed by atoms with van der Waals surface area (Å²) in [4.78, 5) is 12.7. The molecule has 0 fully saturated rings. The van der Waals surface area contributed by atoms with Gasteiger partial charge in [-0.05, 0) is 42.0 Å². The van der Waals surface area contributed by atoms with Crippen LogP contribution in [0.2, 0.25) is 0 Å². The Hall–Kier alpha value is -1.89. The van der Waals surface area contributed by atoms with Crippen LogP contribution in [-0.4, -0.2) is 5.78 Å². The van der Waals surface area contributed by atoms with E-state index in [-0.39, 0.29) is 5.92 Å². The molecule has 0 saturated heterocycles. The summed E-state index contributed by atoms with van der Waals surface area (Å²) >= 11 is 0. The summed E-state index contributed by atoms with van der Waals surface area (Å²) in [5, 5.41) is 0. The lowest BCUT2D eigenvalue weighted by Gasteiger charge is -2.09. The van der Waals surface area contributed by atoms with E-state index in [9.17, 15) is 4.79 Å². The Balaban J connectivity index is 1.79. The second-order valence-corrected chi connectivity index (χ2v) is 5.69. The van der Waals surface area contributed by atoms with Gasteiger partial charge >= 0.3 is 0 Å². The van der Waals surface area contributed by atoms with Crippen molar-refractivity contribution < 1.29 is 4.79 Å². The van der Waals surface area contributed by atoms with Gasteiger partial charge in [0.05, 0.1) is 0 Å². The first kappa shape index (κ1) is 13.1. The molecule has 0 spiro atoms. The van der Waals surface area contributed by atoms with Crippen LogP contribution in [0.3, 0.4) is 0 Å². The van der Waals surface area contributed by atoms with Crippen molar-refractivity contribution in [1.82, 2.24) is 0 Å². The summed E-state index contributed by atoms with van der Waals surface area (Å²) in [6, 6.07) is 16.6. The highest BCUT2D eigenvalue weighted by molar-refractivity contribution is 5.98. The number of Topliss-reactive ketones (excluding diaryl/α,β-unsaturated/α-hetero) is 1. The van der Waals surface area contributed by atoms with E-state index in [1.54, 1.807) is 0 Å². The number of aryl methyl sites for hydroxylation is 1. The Morgan fingerprint density at radius 3 is 2.40 bits per heavy atom. The first-order chi connectivity index (χ1) is 9.78. The maximum absolute atomic E-state index is 12.7. The van der Waals surface area contributed by atoms with Crippen LogP contribution >= 0.6 is 0 Å². The number of fused-ring (bicyclic) bond motifs is 1. The van der Waals surface area contributed by atoms with Gasteiger partial charge in [0.15, 0.2) is 5.78 Å². The Bertz CT molecular complexity index is 602. The molecule has 20 heavy (non-hydrogen) atoms. The maximum Gasteiger partial charge on any atom is 0.166 e. The molecule has 3 rings (SSSR count). The SMILES string of the molecule is CCCc1cccc(C(=O)C2Cc3ccccc3C2)c1. The van der Waals surface area contributed by atoms with Gasteiger partial charge in [-0.2, -0.15) is 0 Å². The van der Waals surface area contributed by atoms with Crippen molar-refractivity contribution in [2.24, 2.45) is 5.92 Å². The number of benzene rings is 2. The predicted molar refractivity (Wildman–Crippen MR) is 82.1 cm³/mol. The van der Waals surface area contributed by atoms with Gasteiger partial charge in [-0.15, -0.1) is 0 Å². The Morgan fingerprint density at radius 2 is 1.75 bits per heavy atom. The van der Waals surface area contributed by atoms with Crippen LogP contribution in [0.15, 0.2) is 48.5 Å². The first-order valence-corrected chi connectivity index (χ1v) is 7.48. The zero-order chi connectivity index (χ0) is 13.9. The van der Waals surface area contributed by atoms with Crippen molar-refractivity contribution >= 4 is 5.78 Å². The number of hydrogen-bond donors (Lipinski definition) is 0. The molecule has 0 unspecified atom stereocenters. The van der Waals surface area contributed by atoms with Gasteiger partial charge in [0.1, 0.15) is 0 Å². The molecule has 1 aliphatic carbocycles. The van der Waals surface area contributed by atoms with E-state index < -0.39 is 0 Å². The van der Waals surface area contributed by atoms with Crippen LogP contribution in [0.25, 0.3) is 0 Å². The lowest BCUT2D eigenvalue weighted by Crippen LogP contribution is -2.15. The van der Waals surface area contributed by atoms with Gasteiger partial charge in [-0.25, -0.2) is 0 Å². The van der Waals surface area contributed by atoms with Crippen molar-refractivity contribution in [2.75, 3.05) is 0 Å². The highest BCUT2D eigenvalue weighted by atomic mass is 16.1. The third-order valence-corrected chi connectivity index (χ3v) is 4.17. The fraction of sp³-hybridized carbons (Fsp3) is 0.316. The molecule has 0 aliphatic heterocycles. The van der Waals surface area contributed by atoms with E-state index in [1.807, 2.05) is 12.1 Å². The Labute approximate surface area is 120 Å². The minimum atomic E-state index is 0.129. The van der Waals surface area contributed by atoms with E-state index >= 15 is 0 Å². The minimum Gasteiger partial charge on any atom is -0.294 e. The number of carbonyl (C=O) groups is 1. The van der Waals surface area contributed by atoms with Gasteiger partial charge in [-0.3, -0.25) is 4.79 Å². The number of rotatable bonds is 4. The zero-order valence-electron chi connectivity index (χ0n) is 11.9. The molecular formula is C19H20O. The second kappa shape index (κ2) is 5.62. The normalized spacial score (nSPS) is 14.2. The lowest BCUT2D eigenvalue weighted by molar-refractivity contribution is 0.0924. The van der Waals surface area contributed by atoms with Gasteiger partial charge in [0, 0.05) is 11.5 Å². The highest BCUT2D eigenvalue weighted by Gasteiger charge is 2.27. The molecule has 0 radical (unpaired) electrons. The molecule has 102 valence electrons. The molecule has 0 amide bonds. The van der Waals surface area contributed by atoms with Gasteiger partial charge < -0.3 is 0 Å². The number of hydrogen-bond acceptors (Lipinski definition) is 1. The smallest absolute Gasteiger partial charge is 0.166 e. The standard InChI is InChI=1S/C19H20O/c1-2-6-14-7-5-10-17(11-14)19(20)18-12-15-8-3-4-9-16(15)13-18/h3-5,7-11,18H,2,6,12-13H2,1H3. The fourth-order valence-corrected chi connectivity index (χ4v) is 3.15. The van der Waals surface area contributed by atoms with Gasteiger partial charge in [0.25, 0.3) is 0 Å². The maximum atomic E-state index is 12.7. The van der Waals surface area contributed by atoms with E-state index in [0.29, 0.717) is 5.78 Å². The summed E-state index contributed by atoms with van der Waals surface area (Å²) in [6.45, 7) is 2.17. The highest BCUT2D eigenvalue weighted by Crippen LogP contribution is 2.29. The van der Waals surface area contributed by atoms with Crippen molar-refractivity contribution in [2.45, 2.75) is 32.6 Å². The molecule has 2 aromatic carbocycles. The Kier molecular flexibility index (Phi) is 3.68. The number of ketones is 1. The van der Waals surface area contributed by atoms with E-state index in [0.717, 1.165) is 31.2 Å². The fourth-order valence-electron chi connectivity index (χ4n) is 3.15. The lowest BCUT2D eigenvalue weighted by atomic mass is 9.93. The zero-order valence-corrected chi connectivity index (χ0v) is 11.9. The molecule has 2 aromatic rings. The molecule has 0 N–H and O–H groups in total. The molecular weight excluding hydrogens is 244 g/mol. The van der Waals surface area contributed by atoms with Gasteiger partial charge in [-0.1, -0.05) is 55.8 Å². The van der Waals surface area contributed by atoms with Crippen molar-refractivity contribution in [3.63, 3.8) is 0 Å². The molecule has 1 heteroatoms. The molecule has 0 aromatic heterocycles. The van der Waals surface area contributed by atoms with Crippen LogP contribution < -0.4 is 0 Å². The Morgan fingerprint density at radius 1 is 1.05 bits per heavy atom. The summed E-state index contributed by atoms with van der Waals surface area (Å²) in [5.74, 6) is 0.434. The first-order valence-electron chi connectivity index (χ1n) is 7.48. The minimum absolute atomic E-state index is 0.129. The predicted octanol–water partition coefficient (Wildman–Crippen LogP) is 4.24. The van der Waals surface area contributed by atoms with Crippen molar-refractivity contribution in [3.8, 4) is 0 Å². The quantitative estimate of drug-likeness (QED) is 0.755. The van der Waals surface area contributed by atoms with Crippen LogP contribution in [0.1, 0.15) is 40.4 Å². The number of carbonyl (C=O) groups excluding carboxylic acids is 1. The van der Waals surface area contributed by atoms with Gasteiger partial charge in [0.2, 0.25) is 0 Å². The van der Waals surface area contributed by atoms with Crippen LogP contribution in [-0.2, 0) is 19.3 Å². The molecule has 1 aliphatic rings. The van der Waals surface area contributed by atoms with E-state index in [1.165, 1.54) is 16.7 Å². The third-order valence-electron chi connectivity index (χ3n) is 4.17. The van der Waals surface area contributed by atoms with Crippen molar-refractivity contribution in [1.29, 1.82) is 0 Å². The molecule has 1 nitrogen and oxygen atoms in total. The average molecular weight is 264 g/mol. The topological polar surface area (TPSA) is 17.1 Å². The summed E-state index contributed by atoms with van der Waals surface area (Å²) in [7, 11) is 0. The molecule has 0 heterocycles. The van der Waals surface area contributed by atoms with E-state index in [2.05, 4.69) is 43.3 Å². The molecule has 0 atom stereocenters. The summed E-state index contributed by atoms with van der Waals surface area (Å²) in [6.07, 6.45) is 3.96. The van der Waals surface area contributed by atoms with Crippen LogP contribution in [0.4, 0.5) is 0 Å². The van der Waals surface area contributed by atoms with Crippen LogP contribution in [0.5, 0.6) is 0 Å². The third kappa shape index (κ3) is 2.53. The monoisotopic (exact) mass is 264 g/mol. The largest absolute Gasteiger partial charge is 0.294 e. The molecule has 0 saturated carbocycles. The van der Waals surface area contributed by atoms with Crippen molar-refractivity contribution in [3.05, 3.63) is 70.8 Å². The average Bonchev–Trinajstić information content (AvgIpc) is 2.91. The molecule has 0 bridgehead atoms.